The molecule has 0 aliphatic carbocycles. The van der Waals surface area contributed by atoms with Crippen molar-refractivity contribution in [2.24, 2.45) is 0 Å². The van der Waals surface area contributed by atoms with Gasteiger partial charge in [-0.1, -0.05) is 12.1 Å². The van der Waals surface area contributed by atoms with Crippen molar-refractivity contribution >= 4 is 23.5 Å². The van der Waals surface area contributed by atoms with Crippen molar-refractivity contribution in [1.29, 1.82) is 0 Å². The molecule has 0 spiro atoms. The summed E-state index contributed by atoms with van der Waals surface area (Å²) in [6.07, 6.45) is 1.23. The van der Waals surface area contributed by atoms with Crippen LogP contribution in [0.4, 0.5) is 16.3 Å². The van der Waals surface area contributed by atoms with Crippen LogP contribution in [0.1, 0.15) is 24.2 Å². The highest BCUT2D eigenvalue weighted by molar-refractivity contribution is 5.94. The number of piperazine rings is 1. The van der Waals surface area contributed by atoms with E-state index in [0.29, 0.717) is 50.8 Å². The summed E-state index contributed by atoms with van der Waals surface area (Å²) in [6.45, 7) is 6.50. The van der Waals surface area contributed by atoms with Crippen molar-refractivity contribution in [3.8, 4) is 5.75 Å². The van der Waals surface area contributed by atoms with Crippen molar-refractivity contribution < 1.29 is 19.1 Å². The van der Waals surface area contributed by atoms with Crippen molar-refractivity contribution in [2.45, 2.75) is 13.8 Å². The Kier molecular flexibility index (Phi) is 6.89. The van der Waals surface area contributed by atoms with Crippen LogP contribution in [0.2, 0.25) is 0 Å². The summed E-state index contributed by atoms with van der Waals surface area (Å²) in [5.41, 5.74) is 1.33. The second kappa shape index (κ2) is 9.77. The van der Waals surface area contributed by atoms with Crippen molar-refractivity contribution in [3.63, 3.8) is 0 Å². The normalized spacial score (nSPS) is 13.7. The molecule has 1 aliphatic rings. The van der Waals surface area contributed by atoms with Gasteiger partial charge in [0.05, 0.1) is 24.5 Å². The van der Waals surface area contributed by atoms with Gasteiger partial charge in [-0.05, 0) is 38.1 Å². The fourth-order valence-corrected chi connectivity index (χ4v) is 3.07. The van der Waals surface area contributed by atoms with E-state index in [0.717, 1.165) is 11.4 Å². The Labute approximate surface area is 170 Å². The van der Waals surface area contributed by atoms with Gasteiger partial charge in [0.15, 0.2) is 0 Å². The van der Waals surface area contributed by atoms with E-state index in [1.54, 1.807) is 35.1 Å². The summed E-state index contributed by atoms with van der Waals surface area (Å²) in [5.74, 6) is 1.28. The Bertz CT molecular complexity index is 833. The molecular formula is C21H26N4O4. The number of para-hydroxylation sites is 2. The first-order valence-electron chi connectivity index (χ1n) is 9.78. The first-order chi connectivity index (χ1) is 14.1. The largest absolute Gasteiger partial charge is 0.492 e. The molecule has 1 aliphatic heterocycles. The fourth-order valence-electron chi connectivity index (χ4n) is 3.07. The van der Waals surface area contributed by atoms with Crippen LogP contribution in [-0.2, 0) is 4.74 Å². The topological polar surface area (TPSA) is 84.0 Å². The lowest BCUT2D eigenvalue weighted by atomic mass is 10.2. The number of aromatic nitrogens is 1. The number of hydrogen-bond acceptors (Lipinski definition) is 6. The zero-order valence-electron chi connectivity index (χ0n) is 16.8. The quantitative estimate of drug-likeness (QED) is 0.805. The average molecular weight is 398 g/mol. The van der Waals surface area contributed by atoms with Crippen LogP contribution in [0.25, 0.3) is 0 Å². The van der Waals surface area contributed by atoms with E-state index in [4.69, 9.17) is 9.47 Å². The number of rotatable bonds is 6. The van der Waals surface area contributed by atoms with Crippen LogP contribution in [0.5, 0.6) is 5.75 Å². The molecule has 1 fully saturated rings. The Morgan fingerprint density at radius 2 is 1.72 bits per heavy atom. The van der Waals surface area contributed by atoms with Crippen molar-refractivity contribution in [1.82, 2.24) is 14.8 Å². The number of carbonyl (C=O) groups excluding carboxylic acids is 2. The molecule has 0 radical (unpaired) electrons. The molecule has 1 aromatic carbocycles. The van der Waals surface area contributed by atoms with Gasteiger partial charge in [0.1, 0.15) is 11.6 Å². The van der Waals surface area contributed by atoms with Gasteiger partial charge < -0.3 is 24.6 Å². The molecule has 2 heterocycles. The molecule has 154 valence electrons. The summed E-state index contributed by atoms with van der Waals surface area (Å²) in [6, 6.07) is 11.1. The number of nitrogens with one attached hydrogen (secondary N) is 1. The first-order valence-corrected chi connectivity index (χ1v) is 9.78. The van der Waals surface area contributed by atoms with Gasteiger partial charge in [-0.25, -0.2) is 9.78 Å². The van der Waals surface area contributed by atoms with Crippen LogP contribution in [0.15, 0.2) is 42.6 Å². The van der Waals surface area contributed by atoms with Gasteiger partial charge in [0, 0.05) is 32.4 Å². The van der Waals surface area contributed by atoms with E-state index in [1.807, 2.05) is 31.2 Å². The number of hydrogen-bond donors (Lipinski definition) is 1. The van der Waals surface area contributed by atoms with Crippen LogP contribution in [0, 0.1) is 0 Å². The summed E-state index contributed by atoms with van der Waals surface area (Å²) in [5, 5.41) is 3.21. The predicted molar refractivity (Wildman–Crippen MR) is 110 cm³/mol. The molecule has 2 amide bonds. The van der Waals surface area contributed by atoms with E-state index in [1.165, 1.54) is 0 Å². The summed E-state index contributed by atoms with van der Waals surface area (Å²) >= 11 is 0. The maximum atomic E-state index is 12.7. The molecule has 1 aromatic heterocycles. The summed E-state index contributed by atoms with van der Waals surface area (Å²) in [7, 11) is 0. The van der Waals surface area contributed by atoms with Gasteiger partial charge in [0.25, 0.3) is 5.91 Å². The number of anilines is 2. The molecule has 0 saturated carbocycles. The number of benzene rings is 1. The highest BCUT2D eigenvalue weighted by atomic mass is 16.6. The fraction of sp³-hybridized carbons (Fsp3) is 0.381. The number of amides is 2. The highest BCUT2D eigenvalue weighted by Crippen LogP contribution is 2.26. The molecular weight excluding hydrogens is 372 g/mol. The molecule has 1 saturated heterocycles. The lowest BCUT2D eigenvalue weighted by molar-refractivity contribution is 0.0570. The highest BCUT2D eigenvalue weighted by Gasteiger charge is 2.25. The number of pyridine rings is 1. The van der Waals surface area contributed by atoms with Crippen LogP contribution in [0.3, 0.4) is 0 Å². The van der Waals surface area contributed by atoms with E-state index in [9.17, 15) is 9.59 Å². The molecule has 8 heteroatoms. The second-order valence-corrected chi connectivity index (χ2v) is 6.46. The number of ether oxygens (including phenoxy) is 2. The van der Waals surface area contributed by atoms with Gasteiger partial charge in [0.2, 0.25) is 0 Å². The minimum atomic E-state index is -0.330. The summed E-state index contributed by atoms with van der Waals surface area (Å²) < 4.78 is 10.6. The lowest BCUT2D eigenvalue weighted by Crippen LogP contribution is -2.50. The monoisotopic (exact) mass is 398 g/mol. The predicted octanol–water partition coefficient (Wildman–Crippen LogP) is 3.14. The van der Waals surface area contributed by atoms with E-state index in [-0.39, 0.29) is 12.0 Å². The third-order valence-electron chi connectivity index (χ3n) is 4.55. The third kappa shape index (κ3) is 5.16. The zero-order chi connectivity index (χ0) is 20.6. The van der Waals surface area contributed by atoms with Crippen molar-refractivity contribution in [3.05, 3.63) is 48.2 Å². The molecule has 0 unspecified atom stereocenters. The molecule has 1 N–H and O–H groups in total. The van der Waals surface area contributed by atoms with Crippen LogP contribution >= 0.6 is 0 Å². The van der Waals surface area contributed by atoms with E-state index in [2.05, 4.69) is 10.3 Å². The minimum absolute atomic E-state index is 0.0951. The molecule has 29 heavy (non-hydrogen) atoms. The van der Waals surface area contributed by atoms with Crippen molar-refractivity contribution in [2.75, 3.05) is 44.7 Å². The first kappa shape index (κ1) is 20.4. The lowest BCUT2D eigenvalue weighted by Gasteiger charge is -2.34. The standard InChI is InChI=1S/C21H26N4O4/c1-3-28-18-8-6-5-7-17(18)23-19-10-9-16(15-22-19)20(26)24-11-13-25(14-12-24)21(27)29-4-2/h5-10,15H,3-4,11-14H2,1-2H3,(H,22,23). The summed E-state index contributed by atoms with van der Waals surface area (Å²) in [4.78, 5) is 32.2. The Morgan fingerprint density at radius 3 is 2.38 bits per heavy atom. The van der Waals surface area contributed by atoms with Crippen LogP contribution in [-0.4, -0.2) is 66.2 Å². The van der Waals surface area contributed by atoms with E-state index < -0.39 is 0 Å². The maximum absolute atomic E-state index is 12.7. The van der Waals surface area contributed by atoms with Crippen LogP contribution < -0.4 is 10.1 Å². The SMILES string of the molecule is CCOC(=O)N1CCN(C(=O)c2ccc(Nc3ccccc3OCC)nc2)CC1. The molecule has 8 nitrogen and oxygen atoms in total. The molecule has 2 aromatic rings. The molecule has 0 atom stereocenters. The second-order valence-electron chi connectivity index (χ2n) is 6.46. The minimum Gasteiger partial charge on any atom is -0.492 e. The maximum Gasteiger partial charge on any atom is 0.409 e. The Balaban J connectivity index is 1.59. The average Bonchev–Trinajstić information content (AvgIpc) is 2.76. The molecule has 3 rings (SSSR count). The van der Waals surface area contributed by atoms with Gasteiger partial charge >= 0.3 is 6.09 Å². The number of nitrogens with zero attached hydrogens (tertiary/aromatic N) is 3. The third-order valence-corrected chi connectivity index (χ3v) is 4.55. The molecule has 0 bridgehead atoms. The van der Waals surface area contributed by atoms with E-state index >= 15 is 0 Å². The smallest absolute Gasteiger partial charge is 0.409 e. The Hall–Kier alpha value is -3.29. The number of carbonyl (C=O) groups is 2. The van der Waals surface area contributed by atoms with Gasteiger partial charge in [-0.15, -0.1) is 0 Å². The van der Waals surface area contributed by atoms with Gasteiger partial charge in [-0.3, -0.25) is 4.79 Å². The van der Waals surface area contributed by atoms with Gasteiger partial charge in [-0.2, -0.15) is 0 Å². The Morgan fingerprint density at radius 1 is 1.00 bits per heavy atom. The zero-order valence-corrected chi connectivity index (χ0v) is 16.8.